The number of furan rings is 1. The third-order valence-corrected chi connectivity index (χ3v) is 4.14. The van der Waals surface area contributed by atoms with Crippen LogP contribution in [0.2, 0.25) is 5.28 Å². The van der Waals surface area contributed by atoms with Gasteiger partial charge in [0.1, 0.15) is 11.2 Å². The Balaban J connectivity index is 1.71. The highest BCUT2D eigenvalue weighted by Crippen LogP contribution is 2.31. The summed E-state index contributed by atoms with van der Waals surface area (Å²) >= 11 is 6.11. The van der Waals surface area contributed by atoms with Crippen molar-refractivity contribution in [3.05, 3.63) is 78.0 Å². The number of aromatic nitrogens is 3. The third-order valence-electron chi connectivity index (χ3n) is 3.97. The lowest BCUT2D eigenvalue weighted by Crippen LogP contribution is -1.97. The molecular formula is C21H12ClN3O. The molecule has 0 N–H and O–H groups in total. The summed E-state index contributed by atoms with van der Waals surface area (Å²) in [4.78, 5) is 12.5. The number of rotatable bonds is 2. The molecule has 5 aromatic rings. The molecule has 0 saturated heterocycles. The highest BCUT2D eigenvalue weighted by atomic mass is 35.5. The van der Waals surface area contributed by atoms with Crippen molar-refractivity contribution in [2.45, 2.75) is 0 Å². The summed E-state index contributed by atoms with van der Waals surface area (Å²) in [5, 5.41) is 1.76. The van der Waals surface area contributed by atoms with Crippen LogP contribution < -0.4 is 0 Å². The van der Waals surface area contributed by atoms with Gasteiger partial charge >= 0.3 is 0 Å². The van der Waals surface area contributed by atoms with Gasteiger partial charge in [-0.2, -0.15) is 9.97 Å². The van der Waals surface area contributed by atoms with E-state index >= 15 is 0 Å². The summed E-state index contributed by atoms with van der Waals surface area (Å²) in [6.45, 7) is 0. The minimum Gasteiger partial charge on any atom is -0.456 e. The van der Waals surface area contributed by atoms with Crippen LogP contribution in [0.5, 0.6) is 0 Å². The molecule has 0 aliphatic carbocycles. The molecule has 3 aromatic carbocycles. The van der Waals surface area contributed by atoms with Crippen molar-refractivity contribution >= 4 is 33.5 Å². The van der Waals surface area contributed by atoms with E-state index in [-0.39, 0.29) is 22.5 Å². The number of para-hydroxylation sites is 1. The molecule has 0 aliphatic heterocycles. The van der Waals surface area contributed by atoms with Gasteiger partial charge in [-0.15, -0.1) is 0 Å². The molecular weight excluding hydrogens is 346 g/mol. The Morgan fingerprint density at radius 3 is 2.35 bits per heavy atom. The summed E-state index contributed by atoms with van der Waals surface area (Å²) in [5.74, 6) is 0.0980. The zero-order valence-electron chi connectivity index (χ0n) is 18.2. The zero-order valence-corrected chi connectivity index (χ0v) is 13.9. The van der Waals surface area contributed by atoms with Crippen molar-refractivity contribution in [1.29, 1.82) is 0 Å². The number of fused-ring (bicyclic) bond motifs is 3. The fraction of sp³-hybridized carbons (Fsp3) is 0. The predicted molar refractivity (Wildman–Crippen MR) is 103 cm³/mol. The van der Waals surface area contributed by atoms with Gasteiger partial charge in [0.2, 0.25) is 5.28 Å². The Hall–Kier alpha value is -3.24. The van der Waals surface area contributed by atoms with E-state index in [1.807, 2.05) is 36.4 Å². The predicted octanol–water partition coefficient (Wildman–Crippen LogP) is 5.76. The molecule has 5 rings (SSSR count). The van der Waals surface area contributed by atoms with Crippen LogP contribution in [0.1, 0.15) is 6.85 Å². The number of halogens is 1. The Kier molecular flexibility index (Phi) is 2.44. The lowest BCUT2D eigenvalue weighted by molar-refractivity contribution is 0.669. The Morgan fingerprint density at radius 1 is 0.769 bits per heavy atom. The first-order valence-corrected chi connectivity index (χ1v) is 8.13. The van der Waals surface area contributed by atoms with Crippen LogP contribution in [0.3, 0.4) is 0 Å². The largest absolute Gasteiger partial charge is 0.456 e. The molecule has 0 fully saturated rings. The van der Waals surface area contributed by atoms with Crippen LogP contribution in [0.4, 0.5) is 0 Å². The molecule has 5 heteroatoms. The molecule has 0 unspecified atom stereocenters. The SMILES string of the molecule is [2H]c1c([2H])c([2H])c(-c2nc(Cl)nc(-c3ccc4c(c3)oc3ccccc34)n2)c([2H])c1[2H]. The number of nitrogens with zero attached hydrogens (tertiary/aromatic N) is 3. The van der Waals surface area contributed by atoms with Crippen LogP contribution in [-0.2, 0) is 0 Å². The van der Waals surface area contributed by atoms with E-state index in [9.17, 15) is 0 Å². The van der Waals surface area contributed by atoms with Crippen LogP contribution in [-0.4, -0.2) is 15.0 Å². The van der Waals surface area contributed by atoms with Gasteiger partial charge in [0.25, 0.3) is 0 Å². The molecule has 0 bridgehead atoms. The Bertz CT molecular complexity index is 1490. The van der Waals surface area contributed by atoms with Gasteiger partial charge in [0.05, 0.1) is 6.85 Å². The molecule has 4 nitrogen and oxygen atoms in total. The lowest BCUT2D eigenvalue weighted by Gasteiger charge is -2.04. The maximum absolute atomic E-state index is 8.16. The molecule has 0 aliphatic rings. The fourth-order valence-electron chi connectivity index (χ4n) is 2.82. The smallest absolute Gasteiger partial charge is 0.226 e. The van der Waals surface area contributed by atoms with E-state index in [4.69, 9.17) is 22.9 Å². The summed E-state index contributed by atoms with van der Waals surface area (Å²) in [5.41, 5.74) is 1.84. The van der Waals surface area contributed by atoms with Crippen molar-refractivity contribution in [3.8, 4) is 22.8 Å². The van der Waals surface area contributed by atoms with Crippen molar-refractivity contribution in [2.75, 3.05) is 0 Å². The first kappa shape index (κ1) is 10.7. The third kappa shape index (κ3) is 2.52. The van der Waals surface area contributed by atoms with E-state index in [1.54, 1.807) is 6.07 Å². The molecule has 0 saturated carbocycles. The van der Waals surface area contributed by atoms with Gasteiger partial charge in [-0.1, -0.05) is 54.5 Å². The van der Waals surface area contributed by atoms with Gasteiger partial charge in [-0.05, 0) is 29.8 Å². The van der Waals surface area contributed by atoms with Gasteiger partial charge in [-0.3, -0.25) is 0 Å². The normalized spacial score (nSPS) is 14.0. The topological polar surface area (TPSA) is 51.8 Å². The van der Waals surface area contributed by atoms with E-state index in [1.165, 1.54) is 0 Å². The molecule has 0 amide bonds. The quantitative estimate of drug-likeness (QED) is 0.400. The maximum atomic E-state index is 8.16. The lowest BCUT2D eigenvalue weighted by atomic mass is 10.1. The van der Waals surface area contributed by atoms with Gasteiger partial charge < -0.3 is 4.42 Å². The molecule has 124 valence electrons. The average molecular weight is 363 g/mol. The summed E-state index contributed by atoms with van der Waals surface area (Å²) in [6, 6.07) is 10.9. The monoisotopic (exact) mass is 362 g/mol. The molecule has 2 aromatic heterocycles. The summed E-state index contributed by atoms with van der Waals surface area (Å²) < 4.78 is 45.7. The minimum absolute atomic E-state index is 0.100. The molecule has 0 radical (unpaired) electrons. The fourth-order valence-corrected chi connectivity index (χ4v) is 2.98. The van der Waals surface area contributed by atoms with Gasteiger partial charge in [0.15, 0.2) is 11.6 Å². The van der Waals surface area contributed by atoms with E-state index in [0.29, 0.717) is 11.1 Å². The Labute approximate surface area is 161 Å². The minimum atomic E-state index is -0.491. The van der Waals surface area contributed by atoms with Gasteiger partial charge in [-0.25, -0.2) is 4.98 Å². The number of benzene rings is 3. The second-order valence-electron chi connectivity index (χ2n) is 5.56. The van der Waals surface area contributed by atoms with Gasteiger partial charge in [0, 0.05) is 21.9 Å². The average Bonchev–Trinajstić information content (AvgIpc) is 3.14. The van der Waals surface area contributed by atoms with E-state index in [0.717, 1.165) is 16.4 Å². The van der Waals surface area contributed by atoms with E-state index < -0.39 is 30.2 Å². The van der Waals surface area contributed by atoms with Crippen LogP contribution in [0.15, 0.2) is 77.1 Å². The highest BCUT2D eigenvalue weighted by Gasteiger charge is 2.12. The Morgan fingerprint density at radius 2 is 1.50 bits per heavy atom. The number of hydrogen-bond donors (Lipinski definition) is 0. The van der Waals surface area contributed by atoms with Crippen molar-refractivity contribution in [3.63, 3.8) is 0 Å². The summed E-state index contributed by atoms with van der Waals surface area (Å²) in [6.07, 6.45) is 0. The zero-order chi connectivity index (χ0) is 21.9. The molecule has 0 atom stereocenters. The standard InChI is InChI=1S/C21H12ClN3O/c22-21-24-19(13-6-2-1-3-7-13)23-20(25-21)14-10-11-16-15-8-4-5-9-17(15)26-18(16)12-14/h1-12H/i1D,2D,3D,6D,7D. The highest BCUT2D eigenvalue weighted by molar-refractivity contribution is 6.28. The molecule has 0 spiro atoms. The first-order chi connectivity index (χ1) is 14.8. The first-order valence-electron chi connectivity index (χ1n) is 10.3. The van der Waals surface area contributed by atoms with Crippen molar-refractivity contribution < 1.29 is 11.3 Å². The summed E-state index contributed by atoms with van der Waals surface area (Å²) in [7, 11) is 0. The second kappa shape index (κ2) is 5.93. The molecule has 26 heavy (non-hydrogen) atoms. The van der Waals surface area contributed by atoms with Crippen LogP contribution in [0, 0.1) is 0 Å². The maximum Gasteiger partial charge on any atom is 0.226 e. The van der Waals surface area contributed by atoms with Crippen molar-refractivity contribution in [2.24, 2.45) is 0 Å². The van der Waals surface area contributed by atoms with Crippen LogP contribution >= 0.6 is 11.6 Å². The number of hydrogen-bond acceptors (Lipinski definition) is 4. The van der Waals surface area contributed by atoms with E-state index in [2.05, 4.69) is 15.0 Å². The van der Waals surface area contributed by atoms with Crippen molar-refractivity contribution in [1.82, 2.24) is 15.0 Å². The van der Waals surface area contributed by atoms with Crippen LogP contribution in [0.25, 0.3) is 44.7 Å². The second-order valence-corrected chi connectivity index (χ2v) is 5.90. The molecule has 2 heterocycles.